The quantitative estimate of drug-likeness (QED) is 0.585. The third-order valence-electron chi connectivity index (χ3n) is 3.62. The summed E-state index contributed by atoms with van der Waals surface area (Å²) in [4.78, 5) is 14.7. The molecule has 0 aliphatic rings. The summed E-state index contributed by atoms with van der Waals surface area (Å²) in [6.45, 7) is 17.1. The molecule has 27 heavy (non-hydrogen) atoms. The molecule has 1 aromatic rings. The number of nitrogens with zero attached hydrogens (tertiary/aromatic N) is 1. The monoisotopic (exact) mass is 380 g/mol. The van der Waals surface area contributed by atoms with Gasteiger partial charge in [0.2, 0.25) is 5.75 Å². The molecule has 1 N–H and O–H groups in total. The first-order chi connectivity index (χ1) is 12.8. The molecule has 0 radical (unpaired) electrons. The second kappa shape index (κ2) is 11.6. The smallest absolute Gasteiger partial charge is 0.321 e. The molecule has 0 unspecified atom stereocenters. The predicted molar refractivity (Wildman–Crippen MR) is 110 cm³/mol. The van der Waals surface area contributed by atoms with E-state index in [-0.39, 0.29) is 6.03 Å². The number of amides is 2. The second-order valence-corrected chi connectivity index (χ2v) is 7.22. The average Bonchev–Trinajstić information content (AvgIpc) is 2.57. The lowest BCUT2D eigenvalue weighted by Crippen LogP contribution is -2.39. The van der Waals surface area contributed by atoms with E-state index in [0.717, 1.165) is 0 Å². The Labute approximate surface area is 164 Å². The summed E-state index contributed by atoms with van der Waals surface area (Å²) < 4.78 is 17.1. The lowest BCUT2D eigenvalue weighted by atomic mass is 10.1. The van der Waals surface area contributed by atoms with Gasteiger partial charge in [0.05, 0.1) is 25.5 Å². The van der Waals surface area contributed by atoms with Gasteiger partial charge in [-0.2, -0.15) is 0 Å². The zero-order valence-corrected chi connectivity index (χ0v) is 17.9. The van der Waals surface area contributed by atoms with Crippen molar-refractivity contribution >= 4 is 11.7 Å². The molecular formula is C21H36N2O4. The van der Waals surface area contributed by atoms with E-state index in [9.17, 15) is 4.79 Å². The van der Waals surface area contributed by atoms with Crippen LogP contribution in [0.25, 0.3) is 0 Å². The number of benzene rings is 1. The minimum atomic E-state index is -0.119. The first-order valence-electron chi connectivity index (χ1n) is 9.94. The van der Waals surface area contributed by atoms with Crippen molar-refractivity contribution < 1.29 is 19.0 Å². The molecule has 0 aromatic heterocycles. The SMILES string of the molecule is CCOc1cc(NC(=O)N(CC(C)C)CC(C)C)cc(OCC)c1OCC. The first kappa shape index (κ1) is 22.9. The lowest BCUT2D eigenvalue weighted by Gasteiger charge is -2.27. The van der Waals surface area contributed by atoms with Crippen LogP contribution in [0.3, 0.4) is 0 Å². The Balaban J connectivity index is 3.13. The third-order valence-corrected chi connectivity index (χ3v) is 3.62. The maximum Gasteiger partial charge on any atom is 0.321 e. The van der Waals surface area contributed by atoms with Crippen LogP contribution in [-0.2, 0) is 0 Å². The number of hydrogen-bond donors (Lipinski definition) is 1. The van der Waals surface area contributed by atoms with Gasteiger partial charge in [-0.25, -0.2) is 4.79 Å². The molecule has 1 rings (SSSR count). The van der Waals surface area contributed by atoms with Crippen LogP contribution in [0.2, 0.25) is 0 Å². The molecule has 2 amide bonds. The van der Waals surface area contributed by atoms with E-state index in [0.29, 0.717) is 67.7 Å². The van der Waals surface area contributed by atoms with Crippen LogP contribution < -0.4 is 19.5 Å². The number of carbonyl (C=O) groups excluding carboxylic acids is 1. The van der Waals surface area contributed by atoms with Crippen molar-refractivity contribution in [1.82, 2.24) is 4.90 Å². The zero-order valence-electron chi connectivity index (χ0n) is 17.9. The van der Waals surface area contributed by atoms with Gasteiger partial charge < -0.3 is 24.4 Å². The fourth-order valence-corrected chi connectivity index (χ4v) is 2.79. The first-order valence-corrected chi connectivity index (χ1v) is 9.94. The number of ether oxygens (including phenoxy) is 3. The maximum atomic E-state index is 12.8. The van der Waals surface area contributed by atoms with Crippen LogP contribution in [0.15, 0.2) is 12.1 Å². The molecule has 0 saturated carbocycles. The highest BCUT2D eigenvalue weighted by Crippen LogP contribution is 2.40. The normalized spacial score (nSPS) is 10.9. The van der Waals surface area contributed by atoms with Gasteiger partial charge in [0, 0.05) is 25.2 Å². The molecule has 0 fully saturated rings. The molecule has 0 spiro atoms. The van der Waals surface area contributed by atoms with E-state index in [1.54, 1.807) is 12.1 Å². The number of urea groups is 1. The van der Waals surface area contributed by atoms with Crippen molar-refractivity contribution in [3.63, 3.8) is 0 Å². The Morgan fingerprint density at radius 3 is 1.70 bits per heavy atom. The summed E-state index contributed by atoms with van der Waals surface area (Å²) in [6.07, 6.45) is 0. The van der Waals surface area contributed by atoms with E-state index in [4.69, 9.17) is 14.2 Å². The Morgan fingerprint density at radius 2 is 1.33 bits per heavy atom. The van der Waals surface area contributed by atoms with Gasteiger partial charge in [-0.1, -0.05) is 27.7 Å². The fourth-order valence-electron chi connectivity index (χ4n) is 2.79. The third kappa shape index (κ3) is 7.57. The van der Waals surface area contributed by atoms with Crippen molar-refractivity contribution in [3.05, 3.63) is 12.1 Å². The standard InChI is InChI=1S/C21H36N2O4/c1-8-25-18-11-17(12-19(26-9-2)20(18)27-10-3)22-21(24)23(13-15(4)5)14-16(6)7/h11-12,15-16H,8-10,13-14H2,1-7H3,(H,22,24). The van der Waals surface area contributed by atoms with Gasteiger partial charge in [0.15, 0.2) is 11.5 Å². The highest BCUT2D eigenvalue weighted by atomic mass is 16.5. The molecule has 154 valence electrons. The van der Waals surface area contributed by atoms with Crippen LogP contribution in [0.5, 0.6) is 17.2 Å². The number of carbonyl (C=O) groups is 1. The lowest BCUT2D eigenvalue weighted by molar-refractivity contribution is 0.196. The van der Waals surface area contributed by atoms with Gasteiger partial charge >= 0.3 is 6.03 Å². The van der Waals surface area contributed by atoms with Gasteiger partial charge in [-0.05, 0) is 32.6 Å². The number of hydrogen-bond acceptors (Lipinski definition) is 4. The highest BCUT2D eigenvalue weighted by Gasteiger charge is 2.19. The molecule has 0 saturated heterocycles. The minimum Gasteiger partial charge on any atom is -0.490 e. The number of nitrogens with one attached hydrogen (secondary N) is 1. The van der Waals surface area contributed by atoms with Gasteiger partial charge in [0.25, 0.3) is 0 Å². The number of anilines is 1. The molecule has 0 atom stereocenters. The molecular weight excluding hydrogens is 344 g/mol. The highest BCUT2D eigenvalue weighted by molar-refractivity contribution is 5.90. The van der Waals surface area contributed by atoms with Gasteiger partial charge in [-0.3, -0.25) is 0 Å². The zero-order chi connectivity index (χ0) is 20.4. The largest absolute Gasteiger partial charge is 0.490 e. The topological polar surface area (TPSA) is 60.0 Å². The summed E-state index contributed by atoms with van der Waals surface area (Å²) in [6, 6.07) is 3.46. The summed E-state index contributed by atoms with van der Waals surface area (Å²) in [7, 11) is 0. The number of rotatable bonds is 11. The maximum absolute atomic E-state index is 12.8. The van der Waals surface area contributed by atoms with E-state index < -0.39 is 0 Å². The molecule has 0 aliphatic carbocycles. The van der Waals surface area contributed by atoms with E-state index in [1.165, 1.54) is 0 Å². The second-order valence-electron chi connectivity index (χ2n) is 7.22. The Bertz CT molecular complexity index is 551. The summed E-state index contributed by atoms with van der Waals surface area (Å²) in [5, 5.41) is 2.99. The van der Waals surface area contributed by atoms with Gasteiger partial charge in [0.1, 0.15) is 0 Å². The van der Waals surface area contributed by atoms with E-state index in [2.05, 4.69) is 33.0 Å². The van der Waals surface area contributed by atoms with Crippen LogP contribution in [0.4, 0.5) is 10.5 Å². The molecule has 1 aromatic carbocycles. The molecule has 0 aliphatic heterocycles. The summed E-state index contributed by atoms with van der Waals surface area (Å²) >= 11 is 0. The van der Waals surface area contributed by atoms with Crippen molar-refractivity contribution in [2.45, 2.75) is 48.5 Å². The molecule has 6 heteroatoms. The van der Waals surface area contributed by atoms with E-state index in [1.807, 2.05) is 25.7 Å². The van der Waals surface area contributed by atoms with Crippen molar-refractivity contribution in [1.29, 1.82) is 0 Å². The Kier molecular flexibility index (Phi) is 9.83. The predicted octanol–water partition coefficient (Wildman–Crippen LogP) is 5.03. The van der Waals surface area contributed by atoms with Crippen LogP contribution in [0.1, 0.15) is 48.5 Å². The van der Waals surface area contributed by atoms with Crippen molar-refractivity contribution in [3.8, 4) is 17.2 Å². The van der Waals surface area contributed by atoms with Crippen LogP contribution in [-0.4, -0.2) is 43.8 Å². The van der Waals surface area contributed by atoms with Crippen LogP contribution >= 0.6 is 0 Å². The molecule has 0 heterocycles. The summed E-state index contributed by atoms with van der Waals surface area (Å²) in [5.41, 5.74) is 0.632. The van der Waals surface area contributed by atoms with Crippen LogP contribution in [0, 0.1) is 11.8 Å². The molecule has 0 bridgehead atoms. The van der Waals surface area contributed by atoms with E-state index >= 15 is 0 Å². The molecule has 6 nitrogen and oxygen atoms in total. The fraction of sp³-hybridized carbons (Fsp3) is 0.667. The van der Waals surface area contributed by atoms with Crippen molar-refractivity contribution in [2.75, 3.05) is 38.2 Å². The average molecular weight is 381 g/mol. The van der Waals surface area contributed by atoms with Gasteiger partial charge in [-0.15, -0.1) is 0 Å². The van der Waals surface area contributed by atoms with Crippen molar-refractivity contribution in [2.24, 2.45) is 11.8 Å². The summed E-state index contributed by atoms with van der Waals surface area (Å²) in [5.74, 6) is 2.50. The Hall–Kier alpha value is -2.11. The minimum absolute atomic E-state index is 0.119. The Morgan fingerprint density at radius 1 is 0.889 bits per heavy atom.